The van der Waals surface area contributed by atoms with E-state index in [9.17, 15) is 0 Å². The Hall–Kier alpha value is -0.450. The van der Waals surface area contributed by atoms with Gasteiger partial charge in [-0.3, -0.25) is 0 Å². The molecular formula is C16H28N2OS. The maximum Gasteiger partial charge on any atom is 0.125 e. The van der Waals surface area contributed by atoms with Crippen LogP contribution in [0.3, 0.4) is 0 Å². The van der Waals surface area contributed by atoms with Gasteiger partial charge in [0.2, 0.25) is 0 Å². The Morgan fingerprint density at radius 3 is 2.65 bits per heavy atom. The molecule has 0 radical (unpaired) electrons. The highest BCUT2D eigenvalue weighted by Crippen LogP contribution is 2.39. The summed E-state index contributed by atoms with van der Waals surface area (Å²) in [5, 5.41) is 4.69. The molecule has 0 bridgehead atoms. The first-order chi connectivity index (χ1) is 9.40. The van der Waals surface area contributed by atoms with Crippen LogP contribution in [0.25, 0.3) is 0 Å². The summed E-state index contributed by atoms with van der Waals surface area (Å²) in [4.78, 5) is 6.32. The van der Waals surface area contributed by atoms with Crippen LogP contribution in [0.2, 0.25) is 0 Å². The minimum absolute atomic E-state index is 0.146. The zero-order chi connectivity index (χ0) is 14.8. The van der Waals surface area contributed by atoms with Crippen molar-refractivity contribution in [3.8, 4) is 0 Å². The third-order valence-electron chi connectivity index (χ3n) is 3.72. The Morgan fingerprint density at radius 2 is 2.10 bits per heavy atom. The topological polar surface area (TPSA) is 34.1 Å². The summed E-state index contributed by atoms with van der Waals surface area (Å²) < 4.78 is 5.95. The maximum atomic E-state index is 5.95. The predicted octanol–water partition coefficient (Wildman–Crippen LogP) is 3.87. The molecule has 3 nitrogen and oxygen atoms in total. The number of thiazole rings is 1. The zero-order valence-corrected chi connectivity index (χ0v) is 14.3. The summed E-state index contributed by atoms with van der Waals surface area (Å²) in [5.41, 5.74) is 1.12. The van der Waals surface area contributed by atoms with Crippen LogP contribution in [0, 0.1) is 5.92 Å². The summed E-state index contributed by atoms with van der Waals surface area (Å²) in [6, 6.07) is 0.505. The molecule has 1 atom stereocenters. The molecule has 1 unspecified atom stereocenters. The van der Waals surface area contributed by atoms with Crippen molar-refractivity contribution < 1.29 is 4.74 Å². The van der Waals surface area contributed by atoms with Crippen LogP contribution >= 0.6 is 11.3 Å². The van der Waals surface area contributed by atoms with Gasteiger partial charge in [-0.25, -0.2) is 4.98 Å². The average molecular weight is 296 g/mol. The highest BCUT2D eigenvalue weighted by Gasteiger charge is 2.35. The van der Waals surface area contributed by atoms with Crippen molar-refractivity contribution in [1.29, 1.82) is 0 Å². The van der Waals surface area contributed by atoms with E-state index in [1.54, 1.807) is 0 Å². The molecule has 1 aromatic rings. The lowest BCUT2D eigenvalue weighted by molar-refractivity contribution is 0.0165. The van der Waals surface area contributed by atoms with Gasteiger partial charge in [0.05, 0.1) is 5.69 Å². The molecule has 1 fully saturated rings. The van der Waals surface area contributed by atoms with Crippen LogP contribution in [-0.2, 0) is 23.3 Å². The molecule has 2 rings (SSSR count). The second kappa shape index (κ2) is 6.54. The molecule has 0 aromatic carbocycles. The lowest BCUT2D eigenvalue weighted by Gasteiger charge is -2.19. The number of rotatable bonds is 6. The summed E-state index contributed by atoms with van der Waals surface area (Å²) >= 11 is 1.84. The Kier molecular flexibility index (Phi) is 5.21. The summed E-state index contributed by atoms with van der Waals surface area (Å²) in [6.07, 6.45) is 3.30. The van der Waals surface area contributed by atoms with Crippen LogP contribution in [0.1, 0.15) is 63.0 Å². The molecule has 4 heteroatoms. The van der Waals surface area contributed by atoms with Crippen LogP contribution in [0.15, 0.2) is 0 Å². The zero-order valence-electron chi connectivity index (χ0n) is 13.5. The lowest BCUT2D eigenvalue weighted by atomic mass is 10.0. The van der Waals surface area contributed by atoms with Gasteiger partial charge in [-0.15, -0.1) is 11.3 Å². The molecule has 20 heavy (non-hydrogen) atoms. The van der Waals surface area contributed by atoms with Crippen LogP contribution < -0.4 is 5.32 Å². The van der Waals surface area contributed by atoms with Gasteiger partial charge in [0, 0.05) is 24.1 Å². The third kappa shape index (κ3) is 3.80. The molecule has 1 aromatic heterocycles. The van der Waals surface area contributed by atoms with Crippen molar-refractivity contribution >= 4 is 11.3 Å². The monoisotopic (exact) mass is 296 g/mol. The van der Waals surface area contributed by atoms with Crippen molar-refractivity contribution in [2.24, 2.45) is 5.92 Å². The first-order valence-electron chi connectivity index (χ1n) is 7.77. The fraction of sp³-hybridized carbons (Fsp3) is 0.812. The number of hydrogen-bond donors (Lipinski definition) is 1. The van der Waals surface area contributed by atoms with E-state index in [2.05, 4.69) is 39.9 Å². The fourth-order valence-corrected chi connectivity index (χ4v) is 3.71. The van der Waals surface area contributed by atoms with Crippen molar-refractivity contribution in [3.05, 3.63) is 15.6 Å². The number of aromatic nitrogens is 1. The Balaban J connectivity index is 2.21. The van der Waals surface area contributed by atoms with Crippen LogP contribution in [0.5, 0.6) is 0 Å². The smallest absolute Gasteiger partial charge is 0.125 e. The maximum absolute atomic E-state index is 5.95. The van der Waals surface area contributed by atoms with Gasteiger partial charge in [-0.2, -0.15) is 0 Å². The molecule has 1 saturated heterocycles. The standard InChI is InChI=1S/C16H28N2OS/c1-11(2)9-13-14(10-17-12(3)4)20-15(18-13)16(5)7-6-8-19-16/h11-12,17H,6-10H2,1-5H3. The van der Waals surface area contributed by atoms with Gasteiger partial charge >= 0.3 is 0 Å². The van der Waals surface area contributed by atoms with Crippen molar-refractivity contribution in [3.63, 3.8) is 0 Å². The SMILES string of the molecule is CC(C)Cc1nc(C2(C)CCCO2)sc1CNC(C)C. The third-order valence-corrected chi connectivity index (χ3v) is 5.06. The molecule has 0 spiro atoms. The van der Waals surface area contributed by atoms with E-state index in [1.807, 2.05) is 11.3 Å². The minimum atomic E-state index is -0.146. The van der Waals surface area contributed by atoms with E-state index >= 15 is 0 Å². The Labute approximate surface area is 127 Å². The van der Waals surface area contributed by atoms with E-state index in [4.69, 9.17) is 9.72 Å². The van der Waals surface area contributed by atoms with Crippen molar-refractivity contribution in [2.45, 2.75) is 72.1 Å². The van der Waals surface area contributed by atoms with Gasteiger partial charge in [-0.1, -0.05) is 27.7 Å². The van der Waals surface area contributed by atoms with Gasteiger partial charge in [0.25, 0.3) is 0 Å². The van der Waals surface area contributed by atoms with Gasteiger partial charge in [0.1, 0.15) is 10.6 Å². The normalized spacial score (nSPS) is 23.1. The van der Waals surface area contributed by atoms with Gasteiger partial charge < -0.3 is 10.1 Å². The number of hydrogen-bond acceptors (Lipinski definition) is 4. The second-order valence-electron chi connectivity index (χ2n) is 6.71. The van der Waals surface area contributed by atoms with Gasteiger partial charge in [0.15, 0.2) is 0 Å². The molecule has 0 amide bonds. The Bertz CT molecular complexity index is 434. The molecule has 0 saturated carbocycles. The summed E-state index contributed by atoms with van der Waals surface area (Å²) in [5.74, 6) is 0.639. The number of ether oxygens (including phenoxy) is 1. The molecule has 1 aliphatic rings. The predicted molar refractivity (Wildman–Crippen MR) is 85.2 cm³/mol. The molecule has 1 aliphatic heterocycles. The minimum Gasteiger partial charge on any atom is -0.368 e. The second-order valence-corrected chi connectivity index (χ2v) is 7.79. The number of nitrogens with one attached hydrogen (secondary N) is 1. The lowest BCUT2D eigenvalue weighted by Crippen LogP contribution is -2.22. The van der Waals surface area contributed by atoms with E-state index in [1.165, 1.54) is 15.6 Å². The molecular weight excluding hydrogens is 268 g/mol. The molecule has 0 aliphatic carbocycles. The highest BCUT2D eigenvalue weighted by molar-refractivity contribution is 7.11. The fourth-order valence-electron chi connectivity index (χ4n) is 2.54. The van der Waals surface area contributed by atoms with E-state index in [0.717, 1.165) is 32.4 Å². The first kappa shape index (κ1) is 15.9. The van der Waals surface area contributed by atoms with Crippen LogP contribution in [0.4, 0.5) is 0 Å². The molecule has 114 valence electrons. The highest BCUT2D eigenvalue weighted by atomic mass is 32.1. The van der Waals surface area contributed by atoms with Gasteiger partial charge in [-0.05, 0) is 32.1 Å². The van der Waals surface area contributed by atoms with Crippen molar-refractivity contribution in [2.75, 3.05) is 6.61 Å². The van der Waals surface area contributed by atoms with E-state index < -0.39 is 0 Å². The number of nitrogens with zero attached hydrogens (tertiary/aromatic N) is 1. The van der Waals surface area contributed by atoms with Crippen molar-refractivity contribution in [1.82, 2.24) is 10.3 Å². The van der Waals surface area contributed by atoms with E-state index in [-0.39, 0.29) is 5.60 Å². The Morgan fingerprint density at radius 1 is 1.35 bits per heavy atom. The largest absolute Gasteiger partial charge is 0.368 e. The van der Waals surface area contributed by atoms with E-state index in [0.29, 0.717) is 12.0 Å². The first-order valence-corrected chi connectivity index (χ1v) is 8.59. The van der Waals surface area contributed by atoms with Crippen LogP contribution in [-0.4, -0.2) is 17.6 Å². The molecule has 1 N–H and O–H groups in total. The average Bonchev–Trinajstić information content (AvgIpc) is 2.94. The summed E-state index contributed by atoms with van der Waals surface area (Å²) in [6.45, 7) is 12.9. The molecule has 2 heterocycles. The quantitative estimate of drug-likeness (QED) is 0.865. The summed E-state index contributed by atoms with van der Waals surface area (Å²) in [7, 11) is 0.